The predicted octanol–water partition coefficient (Wildman–Crippen LogP) is 2.27. The van der Waals surface area contributed by atoms with Crippen LogP contribution in [0, 0.1) is 0 Å². The molecule has 1 aromatic heterocycles. The molecule has 1 amide bonds. The minimum absolute atomic E-state index is 0.163. The molecule has 0 spiro atoms. The van der Waals surface area contributed by atoms with Crippen molar-refractivity contribution in [1.29, 1.82) is 0 Å². The van der Waals surface area contributed by atoms with Crippen LogP contribution < -0.4 is 5.32 Å². The number of nitrogens with zero attached hydrogens (tertiary/aromatic N) is 3. The lowest BCUT2D eigenvalue weighted by Crippen LogP contribution is -2.23. The number of hydrogen-bond donors (Lipinski definition) is 1. The molecule has 1 N–H and O–H groups in total. The van der Waals surface area contributed by atoms with E-state index in [2.05, 4.69) is 47.3 Å². The largest absolute Gasteiger partial charge is 0.345 e. The molecule has 18 heavy (non-hydrogen) atoms. The van der Waals surface area contributed by atoms with Gasteiger partial charge in [0.15, 0.2) is 5.82 Å². The van der Waals surface area contributed by atoms with Crippen LogP contribution in [0.1, 0.15) is 16.2 Å². The zero-order valence-electron chi connectivity index (χ0n) is 9.52. The summed E-state index contributed by atoms with van der Waals surface area (Å²) < 4.78 is 3.29. The lowest BCUT2D eigenvalue weighted by atomic mass is 10.2. The molecular weight excluding hydrogens is 364 g/mol. The Balaban J connectivity index is 2.03. The van der Waals surface area contributed by atoms with Crippen LogP contribution in [-0.2, 0) is 13.6 Å². The number of benzene rings is 1. The normalized spacial score (nSPS) is 10.4. The summed E-state index contributed by atoms with van der Waals surface area (Å²) in [5.41, 5.74) is 0.576. The van der Waals surface area contributed by atoms with Crippen LogP contribution in [0.3, 0.4) is 0 Å². The lowest BCUT2D eigenvalue weighted by Gasteiger charge is -2.04. The Bertz CT molecular complexity index is 562. The van der Waals surface area contributed by atoms with Gasteiger partial charge in [-0.05, 0) is 18.2 Å². The first-order chi connectivity index (χ1) is 8.54. The smallest absolute Gasteiger partial charge is 0.251 e. The molecule has 0 aliphatic rings. The van der Waals surface area contributed by atoms with Gasteiger partial charge in [-0.2, -0.15) is 5.10 Å². The zero-order chi connectivity index (χ0) is 13.1. The molecule has 0 aliphatic carbocycles. The maximum absolute atomic E-state index is 11.9. The molecule has 2 aromatic rings. The fourth-order valence-electron chi connectivity index (χ4n) is 1.41. The molecule has 0 atom stereocenters. The van der Waals surface area contributed by atoms with Gasteiger partial charge in [-0.15, -0.1) is 0 Å². The highest BCUT2D eigenvalue weighted by Gasteiger charge is 2.08. The van der Waals surface area contributed by atoms with Gasteiger partial charge in [-0.25, -0.2) is 4.98 Å². The summed E-state index contributed by atoms with van der Waals surface area (Å²) in [6.07, 6.45) is 1.59. The van der Waals surface area contributed by atoms with Crippen molar-refractivity contribution >= 4 is 37.8 Å². The van der Waals surface area contributed by atoms with Gasteiger partial charge in [0.25, 0.3) is 5.91 Å². The molecule has 0 saturated heterocycles. The fraction of sp³-hybridized carbons (Fsp3) is 0.182. The molecule has 0 saturated carbocycles. The highest BCUT2D eigenvalue weighted by molar-refractivity contribution is 9.11. The number of carbonyl (C=O) groups excluding carboxylic acids is 1. The van der Waals surface area contributed by atoms with Gasteiger partial charge in [0.2, 0.25) is 0 Å². The monoisotopic (exact) mass is 372 g/mol. The number of amides is 1. The van der Waals surface area contributed by atoms with Crippen LogP contribution in [-0.4, -0.2) is 20.7 Å². The second kappa shape index (κ2) is 5.62. The molecule has 0 aliphatic heterocycles. The van der Waals surface area contributed by atoms with Crippen molar-refractivity contribution in [3.05, 3.63) is 44.9 Å². The molecule has 0 fully saturated rings. The van der Waals surface area contributed by atoms with Crippen LogP contribution >= 0.6 is 31.9 Å². The van der Waals surface area contributed by atoms with E-state index in [4.69, 9.17) is 0 Å². The number of nitrogens with one attached hydrogen (secondary N) is 1. The second-order valence-electron chi connectivity index (χ2n) is 3.68. The SMILES string of the molecule is Cn1cnc(CNC(=O)c2cc(Br)cc(Br)c2)n1. The van der Waals surface area contributed by atoms with Crippen LogP contribution in [0.5, 0.6) is 0 Å². The summed E-state index contributed by atoms with van der Waals surface area (Å²) in [5.74, 6) is 0.421. The van der Waals surface area contributed by atoms with E-state index in [1.165, 1.54) is 0 Å². The van der Waals surface area contributed by atoms with Crippen LogP contribution in [0.2, 0.25) is 0 Å². The Morgan fingerprint density at radius 1 is 1.33 bits per heavy atom. The van der Waals surface area contributed by atoms with E-state index in [0.717, 1.165) is 8.95 Å². The van der Waals surface area contributed by atoms with Gasteiger partial charge in [0.1, 0.15) is 6.33 Å². The first-order valence-electron chi connectivity index (χ1n) is 5.13. The summed E-state index contributed by atoms with van der Waals surface area (Å²) in [4.78, 5) is 15.9. The Labute approximate surface area is 121 Å². The number of aryl methyl sites for hydroxylation is 1. The number of carbonyl (C=O) groups is 1. The van der Waals surface area contributed by atoms with E-state index in [1.54, 1.807) is 30.2 Å². The van der Waals surface area contributed by atoms with Crippen LogP contribution in [0.4, 0.5) is 0 Å². The van der Waals surface area contributed by atoms with Crippen molar-refractivity contribution in [3.8, 4) is 0 Å². The summed E-state index contributed by atoms with van der Waals surface area (Å²) in [6.45, 7) is 0.309. The maximum atomic E-state index is 11.9. The van der Waals surface area contributed by atoms with Crippen LogP contribution in [0.25, 0.3) is 0 Å². The Kier molecular flexibility index (Phi) is 4.13. The number of halogens is 2. The first kappa shape index (κ1) is 13.2. The second-order valence-corrected chi connectivity index (χ2v) is 5.51. The van der Waals surface area contributed by atoms with Gasteiger partial charge in [-0.1, -0.05) is 31.9 Å². The molecule has 1 heterocycles. The van der Waals surface area contributed by atoms with Gasteiger partial charge in [0.05, 0.1) is 6.54 Å². The van der Waals surface area contributed by atoms with Gasteiger partial charge in [0, 0.05) is 21.6 Å². The molecule has 94 valence electrons. The van der Waals surface area contributed by atoms with E-state index in [9.17, 15) is 4.79 Å². The third kappa shape index (κ3) is 3.39. The summed E-state index contributed by atoms with van der Waals surface area (Å²) in [7, 11) is 1.78. The van der Waals surface area contributed by atoms with E-state index in [1.807, 2.05) is 6.07 Å². The van der Waals surface area contributed by atoms with Gasteiger partial charge < -0.3 is 5.32 Å². The number of rotatable bonds is 3. The maximum Gasteiger partial charge on any atom is 0.251 e. The van der Waals surface area contributed by atoms with Gasteiger partial charge in [-0.3, -0.25) is 9.48 Å². The third-order valence-corrected chi connectivity index (χ3v) is 3.09. The van der Waals surface area contributed by atoms with Crippen molar-refractivity contribution in [1.82, 2.24) is 20.1 Å². The summed E-state index contributed by atoms with van der Waals surface area (Å²) in [6, 6.07) is 5.38. The topological polar surface area (TPSA) is 59.8 Å². The Morgan fingerprint density at radius 3 is 2.56 bits per heavy atom. The molecule has 7 heteroatoms. The summed E-state index contributed by atoms with van der Waals surface area (Å²) >= 11 is 6.69. The van der Waals surface area contributed by atoms with Crippen molar-refractivity contribution < 1.29 is 4.79 Å². The molecule has 0 radical (unpaired) electrons. The Morgan fingerprint density at radius 2 is 2.00 bits per heavy atom. The molecule has 5 nitrogen and oxygen atoms in total. The van der Waals surface area contributed by atoms with E-state index in [-0.39, 0.29) is 5.91 Å². The lowest BCUT2D eigenvalue weighted by molar-refractivity contribution is 0.0949. The molecule has 0 bridgehead atoms. The van der Waals surface area contributed by atoms with Crippen molar-refractivity contribution in [2.75, 3.05) is 0 Å². The highest BCUT2D eigenvalue weighted by atomic mass is 79.9. The standard InChI is InChI=1S/C11H10Br2N4O/c1-17-6-15-10(16-17)5-14-11(18)7-2-8(12)4-9(13)3-7/h2-4,6H,5H2,1H3,(H,14,18). The van der Waals surface area contributed by atoms with Crippen molar-refractivity contribution in [2.24, 2.45) is 7.05 Å². The van der Waals surface area contributed by atoms with E-state index < -0.39 is 0 Å². The van der Waals surface area contributed by atoms with Crippen LogP contribution in [0.15, 0.2) is 33.5 Å². The molecule has 0 unspecified atom stereocenters. The minimum Gasteiger partial charge on any atom is -0.345 e. The zero-order valence-corrected chi connectivity index (χ0v) is 12.7. The van der Waals surface area contributed by atoms with E-state index >= 15 is 0 Å². The average molecular weight is 374 g/mol. The summed E-state index contributed by atoms with van der Waals surface area (Å²) in [5, 5.41) is 6.85. The van der Waals surface area contributed by atoms with Crippen molar-refractivity contribution in [2.45, 2.75) is 6.54 Å². The Hall–Kier alpha value is -1.21. The first-order valence-corrected chi connectivity index (χ1v) is 6.72. The highest BCUT2D eigenvalue weighted by Crippen LogP contribution is 2.20. The minimum atomic E-state index is -0.163. The molecular formula is C11H10Br2N4O. The predicted molar refractivity (Wildman–Crippen MR) is 74.0 cm³/mol. The number of hydrogen-bond acceptors (Lipinski definition) is 3. The van der Waals surface area contributed by atoms with E-state index in [0.29, 0.717) is 17.9 Å². The quantitative estimate of drug-likeness (QED) is 0.897. The molecule has 2 rings (SSSR count). The number of aromatic nitrogens is 3. The molecule has 1 aromatic carbocycles. The third-order valence-electron chi connectivity index (χ3n) is 2.18. The average Bonchev–Trinajstić information content (AvgIpc) is 2.70. The van der Waals surface area contributed by atoms with Crippen molar-refractivity contribution in [3.63, 3.8) is 0 Å². The van der Waals surface area contributed by atoms with Gasteiger partial charge >= 0.3 is 0 Å². The fourth-order valence-corrected chi connectivity index (χ4v) is 2.70.